The van der Waals surface area contributed by atoms with Crippen molar-refractivity contribution in [3.8, 4) is 0 Å². The Balaban J connectivity index is 2.08. The van der Waals surface area contributed by atoms with Crippen molar-refractivity contribution in [1.29, 1.82) is 0 Å². The second-order valence-corrected chi connectivity index (χ2v) is 5.66. The molecule has 1 aliphatic rings. The van der Waals surface area contributed by atoms with E-state index in [4.69, 9.17) is 0 Å². The third kappa shape index (κ3) is 3.93. The fraction of sp³-hybridized carbons (Fsp3) is 0.600. The molecule has 2 heterocycles. The highest BCUT2D eigenvalue weighted by atomic mass is 16.2. The van der Waals surface area contributed by atoms with Crippen LogP contribution in [0.1, 0.15) is 30.8 Å². The van der Waals surface area contributed by atoms with Gasteiger partial charge in [0, 0.05) is 25.7 Å². The van der Waals surface area contributed by atoms with Crippen LogP contribution in [-0.2, 0) is 0 Å². The summed E-state index contributed by atoms with van der Waals surface area (Å²) in [6, 6.07) is 5.88. The quantitative estimate of drug-likeness (QED) is 0.912. The number of nitrogens with zero attached hydrogens (tertiary/aromatic N) is 3. The molecule has 1 fully saturated rings. The smallest absolute Gasteiger partial charge is 0.272 e. The molecule has 1 aromatic heterocycles. The number of likely N-dealkylation sites (N-methyl/N-ethyl adjacent to an activating group) is 1. The van der Waals surface area contributed by atoms with Crippen molar-refractivity contribution in [3.63, 3.8) is 0 Å². The van der Waals surface area contributed by atoms with Crippen LogP contribution in [0.4, 0.5) is 5.82 Å². The van der Waals surface area contributed by atoms with Gasteiger partial charge in [-0.25, -0.2) is 4.98 Å². The zero-order valence-electron chi connectivity index (χ0n) is 12.6. The largest absolute Gasteiger partial charge is 0.368 e. The van der Waals surface area contributed by atoms with Gasteiger partial charge in [-0.3, -0.25) is 4.79 Å². The molecule has 2 rings (SSSR count). The first-order valence-electron chi connectivity index (χ1n) is 7.27. The molecule has 5 nitrogen and oxygen atoms in total. The topological polar surface area (TPSA) is 48.5 Å². The van der Waals surface area contributed by atoms with Gasteiger partial charge in [0.15, 0.2) is 0 Å². The highest BCUT2D eigenvalue weighted by molar-refractivity contribution is 5.92. The summed E-state index contributed by atoms with van der Waals surface area (Å²) in [6.07, 6.45) is 1.02. The summed E-state index contributed by atoms with van der Waals surface area (Å²) in [5.74, 6) is 0.797. The zero-order chi connectivity index (χ0) is 14.5. The molecule has 1 saturated heterocycles. The van der Waals surface area contributed by atoms with Crippen molar-refractivity contribution in [2.24, 2.45) is 0 Å². The molecular formula is C15H24N4O. The standard InChI is InChI=1S/C15H24N4O/c1-12(2)16-14-7-4-6-13(17-14)15(20)19-9-5-8-18(3)10-11-19/h4,6-7,12H,5,8-11H2,1-3H3,(H,16,17). The number of anilines is 1. The number of aromatic nitrogens is 1. The van der Waals surface area contributed by atoms with Crippen molar-refractivity contribution < 1.29 is 4.79 Å². The van der Waals surface area contributed by atoms with Crippen LogP contribution in [0.2, 0.25) is 0 Å². The Morgan fingerprint density at radius 2 is 2.05 bits per heavy atom. The molecule has 0 bridgehead atoms. The van der Waals surface area contributed by atoms with Gasteiger partial charge in [0.1, 0.15) is 11.5 Å². The van der Waals surface area contributed by atoms with Crippen LogP contribution in [0, 0.1) is 0 Å². The van der Waals surface area contributed by atoms with Gasteiger partial charge >= 0.3 is 0 Å². The normalized spacial score (nSPS) is 17.1. The van der Waals surface area contributed by atoms with Gasteiger partial charge < -0.3 is 15.1 Å². The summed E-state index contributed by atoms with van der Waals surface area (Å²) in [5, 5.41) is 3.23. The van der Waals surface area contributed by atoms with Gasteiger partial charge in [-0.05, 0) is 46.0 Å². The summed E-state index contributed by atoms with van der Waals surface area (Å²) in [4.78, 5) is 21.1. The van der Waals surface area contributed by atoms with E-state index >= 15 is 0 Å². The van der Waals surface area contributed by atoms with E-state index in [0.29, 0.717) is 11.7 Å². The van der Waals surface area contributed by atoms with E-state index in [2.05, 4.69) is 36.1 Å². The summed E-state index contributed by atoms with van der Waals surface area (Å²) in [7, 11) is 2.10. The first-order valence-corrected chi connectivity index (χ1v) is 7.27. The third-order valence-electron chi connectivity index (χ3n) is 3.41. The Hall–Kier alpha value is -1.62. The monoisotopic (exact) mass is 276 g/mol. The first-order chi connectivity index (χ1) is 9.56. The molecule has 0 unspecified atom stereocenters. The van der Waals surface area contributed by atoms with Gasteiger partial charge in [0.2, 0.25) is 0 Å². The van der Waals surface area contributed by atoms with Crippen molar-refractivity contribution in [3.05, 3.63) is 23.9 Å². The Morgan fingerprint density at radius 3 is 2.80 bits per heavy atom. The molecule has 0 radical (unpaired) electrons. The van der Waals surface area contributed by atoms with Gasteiger partial charge in [0.25, 0.3) is 5.91 Å². The molecule has 0 aromatic carbocycles. The van der Waals surface area contributed by atoms with Crippen molar-refractivity contribution in [2.45, 2.75) is 26.3 Å². The molecule has 1 aliphatic heterocycles. The van der Waals surface area contributed by atoms with Crippen LogP contribution in [0.5, 0.6) is 0 Å². The van der Waals surface area contributed by atoms with Crippen molar-refractivity contribution >= 4 is 11.7 Å². The molecule has 5 heteroatoms. The predicted molar refractivity (Wildman–Crippen MR) is 81.0 cm³/mol. The maximum atomic E-state index is 12.5. The van der Waals surface area contributed by atoms with Crippen LogP contribution in [-0.4, -0.2) is 60.0 Å². The zero-order valence-corrected chi connectivity index (χ0v) is 12.6. The highest BCUT2D eigenvalue weighted by Gasteiger charge is 2.20. The van der Waals surface area contributed by atoms with Crippen LogP contribution >= 0.6 is 0 Å². The van der Waals surface area contributed by atoms with E-state index < -0.39 is 0 Å². The van der Waals surface area contributed by atoms with E-state index in [-0.39, 0.29) is 5.91 Å². The first kappa shape index (κ1) is 14.8. The van der Waals surface area contributed by atoms with E-state index in [0.717, 1.165) is 38.4 Å². The van der Waals surface area contributed by atoms with Crippen molar-refractivity contribution in [1.82, 2.24) is 14.8 Å². The Bertz CT molecular complexity index is 461. The van der Waals surface area contributed by atoms with Crippen LogP contribution in [0.3, 0.4) is 0 Å². The number of hydrogen-bond acceptors (Lipinski definition) is 4. The minimum Gasteiger partial charge on any atom is -0.368 e. The molecule has 0 aliphatic carbocycles. The van der Waals surface area contributed by atoms with E-state index in [1.807, 2.05) is 17.0 Å². The van der Waals surface area contributed by atoms with Crippen LogP contribution in [0.15, 0.2) is 18.2 Å². The molecule has 0 atom stereocenters. The predicted octanol–water partition coefficient (Wildman–Crippen LogP) is 1.68. The molecule has 1 aromatic rings. The van der Waals surface area contributed by atoms with Crippen molar-refractivity contribution in [2.75, 3.05) is 38.5 Å². The minimum absolute atomic E-state index is 0.0349. The Kier molecular flexibility index (Phi) is 4.95. The van der Waals surface area contributed by atoms with Crippen LogP contribution < -0.4 is 5.32 Å². The lowest BCUT2D eigenvalue weighted by Gasteiger charge is -2.20. The second-order valence-electron chi connectivity index (χ2n) is 5.66. The number of carbonyl (C=O) groups excluding carboxylic acids is 1. The molecule has 1 N–H and O–H groups in total. The molecule has 20 heavy (non-hydrogen) atoms. The minimum atomic E-state index is 0.0349. The molecule has 0 saturated carbocycles. The van der Waals surface area contributed by atoms with Crippen LogP contribution in [0.25, 0.3) is 0 Å². The van der Waals surface area contributed by atoms with Gasteiger partial charge in [-0.1, -0.05) is 6.07 Å². The van der Waals surface area contributed by atoms with E-state index in [1.165, 1.54) is 0 Å². The lowest BCUT2D eigenvalue weighted by Crippen LogP contribution is -2.35. The lowest BCUT2D eigenvalue weighted by atomic mass is 10.3. The number of hydrogen-bond donors (Lipinski definition) is 1. The summed E-state index contributed by atoms with van der Waals surface area (Å²) < 4.78 is 0. The molecule has 110 valence electrons. The Labute approximate surface area is 121 Å². The third-order valence-corrected chi connectivity index (χ3v) is 3.41. The average molecular weight is 276 g/mol. The SMILES string of the molecule is CC(C)Nc1cccc(C(=O)N2CCCN(C)CC2)n1. The van der Waals surface area contributed by atoms with E-state index in [1.54, 1.807) is 6.07 Å². The number of amides is 1. The maximum Gasteiger partial charge on any atom is 0.272 e. The molecule has 1 amide bonds. The number of rotatable bonds is 3. The molecular weight excluding hydrogens is 252 g/mol. The number of pyridine rings is 1. The number of nitrogens with one attached hydrogen (secondary N) is 1. The number of carbonyl (C=O) groups is 1. The summed E-state index contributed by atoms with van der Waals surface area (Å²) in [6.45, 7) is 7.68. The maximum absolute atomic E-state index is 12.5. The summed E-state index contributed by atoms with van der Waals surface area (Å²) in [5.41, 5.74) is 0.528. The fourth-order valence-corrected chi connectivity index (χ4v) is 2.34. The molecule has 0 spiro atoms. The van der Waals surface area contributed by atoms with Gasteiger partial charge in [-0.15, -0.1) is 0 Å². The Morgan fingerprint density at radius 1 is 1.25 bits per heavy atom. The summed E-state index contributed by atoms with van der Waals surface area (Å²) >= 11 is 0. The van der Waals surface area contributed by atoms with Gasteiger partial charge in [-0.2, -0.15) is 0 Å². The van der Waals surface area contributed by atoms with Gasteiger partial charge in [0.05, 0.1) is 0 Å². The average Bonchev–Trinajstić information content (AvgIpc) is 2.62. The second kappa shape index (κ2) is 6.70. The highest BCUT2D eigenvalue weighted by Crippen LogP contribution is 2.10. The van der Waals surface area contributed by atoms with E-state index in [9.17, 15) is 4.79 Å². The fourth-order valence-electron chi connectivity index (χ4n) is 2.34. The lowest BCUT2D eigenvalue weighted by molar-refractivity contribution is 0.0757.